The van der Waals surface area contributed by atoms with Gasteiger partial charge in [0.25, 0.3) is 0 Å². The van der Waals surface area contributed by atoms with Crippen molar-refractivity contribution in [3.05, 3.63) is 24.0 Å². The Balaban J connectivity index is 0.000000775. The summed E-state index contributed by atoms with van der Waals surface area (Å²) in [5.41, 5.74) is 3.12. The molecule has 0 saturated carbocycles. The molecule has 1 saturated heterocycles. The highest BCUT2D eigenvalue weighted by Gasteiger charge is 2.20. The molecule has 1 aliphatic heterocycles. The first-order valence-electron chi connectivity index (χ1n) is 7.32. The van der Waals surface area contributed by atoms with Gasteiger partial charge in [0.05, 0.1) is 11.9 Å². The van der Waals surface area contributed by atoms with Crippen LogP contribution in [-0.2, 0) is 0 Å². The molecule has 0 spiro atoms. The van der Waals surface area contributed by atoms with Crippen LogP contribution in [0.25, 0.3) is 11.0 Å². The highest BCUT2D eigenvalue weighted by atomic mass is 16.4. The normalized spacial score (nSPS) is 14.8. The lowest BCUT2D eigenvalue weighted by Crippen LogP contribution is -2.48. The first-order valence-corrected chi connectivity index (χ1v) is 7.32. The van der Waals surface area contributed by atoms with E-state index in [4.69, 9.17) is 5.11 Å². The lowest BCUT2D eigenvalue weighted by atomic mass is 10.2. The van der Waals surface area contributed by atoms with E-state index in [1.165, 1.54) is 10.5 Å². The number of piperazine rings is 1. The molecule has 0 radical (unpaired) electrons. The third kappa shape index (κ3) is 3.09. The first-order chi connectivity index (χ1) is 10.1. The van der Waals surface area contributed by atoms with Crippen LogP contribution < -0.4 is 4.90 Å². The molecular formula is C15H24N4O2. The largest absolute Gasteiger partial charge is 0.465 e. The van der Waals surface area contributed by atoms with Crippen molar-refractivity contribution in [2.75, 3.05) is 31.1 Å². The van der Waals surface area contributed by atoms with Gasteiger partial charge in [-0.3, -0.25) is 0 Å². The van der Waals surface area contributed by atoms with Crippen molar-refractivity contribution in [3.8, 4) is 0 Å². The van der Waals surface area contributed by atoms with E-state index in [0.717, 1.165) is 16.7 Å². The topological polar surface area (TPSA) is 72.5 Å². The van der Waals surface area contributed by atoms with Crippen LogP contribution in [-0.4, -0.2) is 52.2 Å². The molecule has 2 aromatic heterocycles. The van der Waals surface area contributed by atoms with Crippen LogP contribution >= 0.6 is 0 Å². The zero-order chi connectivity index (χ0) is 15.4. The van der Waals surface area contributed by atoms with Crippen LogP contribution in [0.1, 0.15) is 20.8 Å². The monoisotopic (exact) mass is 292 g/mol. The summed E-state index contributed by atoms with van der Waals surface area (Å²) in [5.74, 6) is 0. The fourth-order valence-electron chi connectivity index (χ4n) is 2.45. The molecular weight excluding hydrogens is 268 g/mol. The van der Waals surface area contributed by atoms with Crippen molar-refractivity contribution in [1.82, 2.24) is 14.9 Å². The first kappa shape index (κ1) is 15.2. The molecule has 6 nitrogen and oxygen atoms in total. The van der Waals surface area contributed by atoms with Gasteiger partial charge in [-0.05, 0) is 18.6 Å². The Morgan fingerprint density at radius 1 is 1.33 bits per heavy atom. The molecule has 116 valence electrons. The number of amides is 1. The van der Waals surface area contributed by atoms with Crippen molar-refractivity contribution < 1.29 is 11.3 Å². The zero-order valence-electron chi connectivity index (χ0n) is 12.8. The molecule has 1 amide bonds. The Labute approximate surface area is 125 Å². The summed E-state index contributed by atoms with van der Waals surface area (Å²) < 4.78 is 0. The number of anilines is 1. The van der Waals surface area contributed by atoms with Gasteiger partial charge in [0.1, 0.15) is 5.65 Å². The van der Waals surface area contributed by atoms with Crippen LogP contribution in [0.3, 0.4) is 0 Å². The standard InChI is InChI=1S/C13H16N4O2.C2H6.H2/c1-9-7-14-12-11(9)6-10(8-15-12)16-2-4-17(5-3-16)13(18)19;1-2;/h6-8H,2-5H2,1H3,(H,14,15)(H,18,19);1-2H3;1H. The summed E-state index contributed by atoms with van der Waals surface area (Å²) in [6.07, 6.45) is 2.95. The number of aryl methyl sites for hydroxylation is 1. The highest BCUT2D eigenvalue weighted by molar-refractivity contribution is 5.82. The predicted octanol–water partition coefficient (Wildman–Crippen LogP) is 2.94. The molecule has 21 heavy (non-hydrogen) atoms. The van der Waals surface area contributed by atoms with E-state index in [1.807, 2.05) is 33.2 Å². The molecule has 0 atom stereocenters. The second-order valence-corrected chi connectivity index (χ2v) is 4.82. The van der Waals surface area contributed by atoms with Gasteiger partial charge in [0, 0.05) is 39.2 Å². The number of hydrogen-bond acceptors (Lipinski definition) is 3. The summed E-state index contributed by atoms with van der Waals surface area (Å²) in [4.78, 5) is 22.0. The molecule has 0 aromatic carbocycles. The SMILES string of the molecule is CC.Cc1c[nH]c2ncc(N3CCN(C(=O)O)CC3)cc12.[HH]. The van der Waals surface area contributed by atoms with Gasteiger partial charge in [-0.2, -0.15) is 0 Å². The minimum Gasteiger partial charge on any atom is -0.465 e. The molecule has 2 N–H and O–H groups in total. The molecule has 0 unspecified atom stereocenters. The second kappa shape index (κ2) is 6.47. The van der Waals surface area contributed by atoms with E-state index >= 15 is 0 Å². The van der Waals surface area contributed by atoms with E-state index in [0.29, 0.717) is 26.2 Å². The number of aromatic amines is 1. The van der Waals surface area contributed by atoms with Crippen LogP contribution in [0, 0.1) is 6.92 Å². The lowest BCUT2D eigenvalue weighted by molar-refractivity contribution is 0.142. The van der Waals surface area contributed by atoms with E-state index < -0.39 is 6.09 Å². The van der Waals surface area contributed by atoms with Crippen LogP contribution in [0.15, 0.2) is 18.5 Å². The third-order valence-electron chi connectivity index (χ3n) is 3.64. The highest BCUT2D eigenvalue weighted by Crippen LogP contribution is 2.23. The number of fused-ring (bicyclic) bond motifs is 1. The summed E-state index contributed by atoms with van der Waals surface area (Å²) in [5, 5.41) is 10.1. The van der Waals surface area contributed by atoms with Crippen molar-refractivity contribution in [3.63, 3.8) is 0 Å². The number of carboxylic acid groups (broad SMARTS) is 1. The number of hydrogen-bond donors (Lipinski definition) is 2. The van der Waals surface area contributed by atoms with Crippen molar-refractivity contribution in [2.24, 2.45) is 0 Å². The van der Waals surface area contributed by atoms with Gasteiger partial charge in [0.15, 0.2) is 0 Å². The van der Waals surface area contributed by atoms with Gasteiger partial charge in [0.2, 0.25) is 0 Å². The van der Waals surface area contributed by atoms with Crippen LogP contribution in [0.4, 0.5) is 10.5 Å². The number of carbonyl (C=O) groups is 1. The number of nitrogens with one attached hydrogen (secondary N) is 1. The maximum atomic E-state index is 10.9. The fraction of sp³-hybridized carbons (Fsp3) is 0.467. The maximum Gasteiger partial charge on any atom is 0.407 e. The Morgan fingerprint density at radius 3 is 2.62 bits per heavy atom. The van der Waals surface area contributed by atoms with Gasteiger partial charge in [-0.25, -0.2) is 9.78 Å². The molecule has 6 heteroatoms. The quantitative estimate of drug-likeness (QED) is 0.847. The number of pyridine rings is 1. The Hall–Kier alpha value is -2.24. The smallest absolute Gasteiger partial charge is 0.407 e. The van der Waals surface area contributed by atoms with Crippen LogP contribution in [0.2, 0.25) is 0 Å². The van der Waals surface area contributed by atoms with E-state index in [1.54, 1.807) is 0 Å². The second-order valence-electron chi connectivity index (χ2n) is 4.82. The molecule has 3 rings (SSSR count). The lowest BCUT2D eigenvalue weighted by Gasteiger charge is -2.34. The number of rotatable bonds is 1. The van der Waals surface area contributed by atoms with Crippen molar-refractivity contribution in [1.29, 1.82) is 0 Å². The van der Waals surface area contributed by atoms with Gasteiger partial charge in [-0.1, -0.05) is 13.8 Å². The Bertz CT molecular complexity index is 621. The molecule has 0 aliphatic carbocycles. The molecule has 3 heterocycles. The number of aromatic nitrogens is 2. The predicted molar refractivity (Wildman–Crippen MR) is 86.1 cm³/mol. The fourth-order valence-corrected chi connectivity index (χ4v) is 2.45. The van der Waals surface area contributed by atoms with Gasteiger partial charge < -0.3 is 19.9 Å². The third-order valence-corrected chi connectivity index (χ3v) is 3.64. The Morgan fingerprint density at radius 2 is 2.00 bits per heavy atom. The summed E-state index contributed by atoms with van der Waals surface area (Å²) in [7, 11) is 0. The molecule has 1 aliphatic rings. The van der Waals surface area contributed by atoms with Gasteiger partial charge >= 0.3 is 6.09 Å². The average Bonchev–Trinajstić information content (AvgIpc) is 2.90. The summed E-state index contributed by atoms with van der Waals surface area (Å²) >= 11 is 0. The summed E-state index contributed by atoms with van der Waals surface area (Å²) in [6, 6.07) is 2.12. The summed E-state index contributed by atoms with van der Waals surface area (Å²) in [6.45, 7) is 8.55. The van der Waals surface area contributed by atoms with E-state index in [2.05, 4.69) is 20.9 Å². The number of nitrogens with zero attached hydrogens (tertiary/aromatic N) is 3. The molecule has 2 aromatic rings. The van der Waals surface area contributed by atoms with E-state index in [9.17, 15) is 4.79 Å². The number of H-pyrrole nitrogens is 1. The van der Waals surface area contributed by atoms with Crippen molar-refractivity contribution >= 4 is 22.8 Å². The van der Waals surface area contributed by atoms with Crippen LogP contribution in [0.5, 0.6) is 0 Å². The average molecular weight is 292 g/mol. The van der Waals surface area contributed by atoms with Gasteiger partial charge in [-0.15, -0.1) is 0 Å². The molecule has 1 fully saturated rings. The minimum absolute atomic E-state index is 0. The Kier molecular flexibility index (Phi) is 4.67. The minimum atomic E-state index is -0.838. The van der Waals surface area contributed by atoms with Crippen molar-refractivity contribution in [2.45, 2.75) is 20.8 Å². The van der Waals surface area contributed by atoms with E-state index in [-0.39, 0.29) is 1.43 Å². The molecule has 0 bridgehead atoms. The zero-order valence-corrected chi connectivity index (χ0v) is 12.8. The maximum absolute atomic E-state index is 10.9.